The third-order valence-electron chi connectivity index (χ3n) is 2.04. The van der Waals surface area contributed by atoms with Crippen LogP contribution in [0.5, 0.6) is 0 Å². The fraction of sp³-hybridized carbons (Fsp3) is 0.222. The third-order valence-corrected chi connectivity index (χ3v) is 2.04. The first-order chi connectivity index (χ1) is 7.25. The van der Waals surface area contributed by atoms with Crippen LogP contribution in [0.2, 0.25) is 0 Å². The molecule has 0 spiro atoms. The Labute approximate surface area is 86.9 Å². The molecule has 2 heterocycles. The van der Waals surface area contributed by atoms with E-state index >= 15 is 0 Å². The molecule has 78 valence electrons. The zero-order valence-corrected chi connectivity index (χ0v) is 8.36. The molecule has 2 rings (SSSR count). The summed E-state index contributed by atoms with van der Waals surface area (Å²) in [6.07, 6.45) is 4.91. The number of rotatable bonds is 3. The predicted octanol–water partition coefficient (Wildman–Crippen LogP) is 0.702. The summed E-state index contributed by atoms with van der Waals surface area (Å²) in [7, 11) is 0. The number of nitrogens with zero attached hydrogens (tertiary/aromatic N) is 3. The second kappa shape index (κ2) is 3.95. The summed E-state index contributed by atoms with van der Waals surface area (Å²) >= 11 is 0. The van der Waals surface area contributed by atoms with E-state index in [1.165, 1.54) is 0 Å². The number of H-pyrrole nitrogens is 1. The van der Waals surface area contributed by atoms with Gasteiger partial charge in [0.2, 0.25) is 5.95 Å². The number of anilines is 2. The summed E-state index contributed by atoms with van der Waals surface area (Å²) in [6.45, 7) is 2.61. The van der Waals surface area contributed by atoms with Crippen LogP contribution in [-0.2, 0) is 6.54 Å². The van der Waals surface area contributed by atoms with Crippen LogP contribution in [0.4, 0.5) is 11.6 Å². The quantitative estimate of drug-likeness (QED) is 0.684. The van der Waals surface area contributed by atoms with Crippen molar-refractivity contribution >= 4 is 11.6 Å². The summed E-state index contributed by atoms with van der Waals surface area (Å²) in [5.41, 5.74) is 8.16. The van der Waals surface area contributed by atoms with Crippen LogP contribution in [0.3, 0.4) is 0 Å². The average Bonchev–Trinajstić information content (AvgIpc) is 2.63. The summed E-state index contributed by atoms with van der Waals surface area (Å²) in [5, 5.41) is 9.86. The predicted molar refractivity (Wildman–Crippen MR) is 57.1 cm³/mol. The second-order valence-electron chi connectivity index (χ2n) is 3.21. The Balaban J connectivity index is 1.99. The minimum atomic E-state index is 0.556. The first kappa shape index (κ1) is 9.45. The van der Waals surface area contributed by atoms with Crippen molar-refractivity contribution in [3.63, 3.8) is 0 Å². The molecule has 0 unspecified atom stereocenters. The number of aromatic amines is 1. The van der Waals surface area contributed by atoms with Crippen LogP contribution in [-0.4, -0.2) is 20.2 Å². The molecule has 4 N–H and O–H groups in total. The summed E-state index contributed by atoms with van der Waals surface area (Å²) in [6, 6.07) is 0. The van der Waals surface area contributed by atoms with Gasteiger partial charge < -0.3 is 11.1 Å². The van der Waals surface area contributed by atoms with Crippen LogP contribution >= 0.6 is 0 Å². The van der Waals surface area contributed by atoms with Crippen LogP contribution < -0.4 is 11.1 Å². The van der Waals surface area contributed by atoms with Gasteiger partial charge in [-0.25, -0.2) is 9.97 Å². The molecule has 0 radical (unpaired) electrons. The minimum absolute atomic E-state index is 0.556. The van der Waals surface area contributed by atoms with E-state index in [0.29, 0.717) is 18.2 Å². The minimum Gasteiger partial charge on any atom is -0.396 e. The normalized spacial score (nSPS) is 10.2. The van der Waals surface area contributed by atoms with Gasteiger partial charge in [0.05, 0.1) is 24.3 Å². The second-order valence-corrected chi connectivity index (χ2v) is 3.21. The Morgan fingerprint density at radius 2 is 2.07 bits per heavy atom. The van der Waals surface area contributed by atoms with E-state index in [1.807, 2.05) is 6.92 Å². The van der Waals surface area contributed by atoms with Gasteiger partial charge in [-0.05, 0) is 6.92 Å². The van der Waals surface area contributed by atoms with E-state index in [2.05, 4.69) is 25.5 Å². The van der Waals surface area contributed by atoms with Crippen LogP contribution in [0.1, 0.15) is 11.3 Å². The van der Waals surface area contributed by atoms with E-state index in [0.717, 1.165) is 11.3 Å². The van der Waals surface area contributed by atoms with Crippen molar-refractivity contribution in [2.24, 2.45) is 0 Å². The highest BCUT2D eigenvalue weighted by atomic mass is 15.1. The van der Waals surface area contributed by atoms with Crippen molar-refractivity contribution < 1.29 is 0 Å². The number of aryl methyl sites for hydroxylation is 1. The zero-order valence-electron chi connectivity index (χ0n) is 8.36. The van der Waals surface area contributed by atoms with E-state index in [4.69, 9.17) is 5.73 Å². The number of nitrogens with two attached hydrogens (primary N) is 1. The number of nitrogens with one attached hydrogen (secondary N) is 2. The number of hydrogen-bond acceptors (Lipinski definition) is 5. The standard InChI is InChI=1S/C9H12N6/c1-6-7(3-14-15-6)2-11-9-12-4-8(10)5-13-9/h3-5H,2,10H2,1H3,(H,14,15)(H,11,12,13). The molecule has 15 heavy (non-hydrogen) atoms. The van der Waals surface area contributed by atoms with E-state index in [-0.39, 0.29) is 0 Å². The highest BCUT2D eigenvalue weighted by Gasteiger charge is 2.00. The maximum absolute atomic E-state index is 5.47. The topological polar surface area (TPSA) is 92.5 Å². The van der Waals surface area contributed by atoms with Gasteiger partial charge in [0.25, 0.3) is 0 Å². The lowest BCUT2D eigenvalue weighted by Gasteiger charge is -2.03. The molecule has 6 heteroatoms. The number of hydrogen-bond donors (Lipinski definition) is 3. The summed E-state index contributed by atoms with van der Waals surface area (Å²) in [4.78, 5) is 8.06. The largest absolute Gasteiger partial charge is 0.396 e. The van der Waals surface area contributed by atoms with Gasteiger partial charge in [-0.1, -0.05) is 0 Å². The van der Waals surface area contributed by atoms with E-state index in [1.54, 1.807) is 18.6 Å². The molecule has 2 aromatic heterocycles. The van der Waals surface area contributed by atoms with Gasteiger partial charge in [0, 0.05) is 17.8 Å². The third kappa shape index (κ3) is 2.22. The van der Waals surface area contributed by atoms with Crippen molar-refractivity contribution in [2.45, 2.75) is 13.5 Å². The molecule has 0 aliphatic carbocycles. The average molecular weight is 204 g/mol. The molecule has 6 nitrogen and oxygen atoms in total. The molecule has 0 amide bonds. The number of aromatic nitrogens is 4. The Hall–Kier alpha value is -2.11. The van der Waals surface area contributed by atoms with Gasteiger partial charge in [-0.15, -0.1) is 0 Å². The van der Waals surface area contributed by atoms with Crippen molar-refractivity contribution in [3.05, 3.63) is 29.8 Å². The SMILES string of the molecule is Cc1[nH]ncc1CNc1ncc(N)cn1. The van der Waals surface area contributed by atoms with E-state index in [9.17, 15) is 0 Å². The van der Waals surface area contributed by atoms with Gasteiger partial charge in [0.1, 0.15) is 0 Å². The van der Waals surface area contributed by atoms with Crippen LogP contribution in [0.15, 0.2) is 18.6 Å². The highest BCUT2D eigenvalue weighted by molar-refractivity contribution is 5.36. The lowest BCUT2D eigenvalue weighted by atomic mass is 10.3. The first-order valence-corrected chi connectivity index (χ1v) is 4.56. The maximum Gasteiger partial charge on any atom is 0.222 e. The summed E-state index contributed by atoms with van der Waals surface area (Å²) < 4.78 is 0. The molecule has 0 aliphatic heterocycles. The molecule has 0 fully saturated rings. The molecule has 0 aromatic carbocycles. The summed E-state index contributed by atoms with van der Waals surface area (Å²) in [5.74, 6) is 0.560. The maximum atomic E-state index is 5.47. The van der Waals surface area contributed by atoms with Gasteiger partial charge in [-0.2, -0.15) is 5.10 Å². The van der Waals surface area contributed by atoms with Gasteiger partial charge >= 0.3 is 0 Å². The molecule has 0 saturated carbocycles. The first-order valence-electron chi connectivity index (χ1n) is 4.56. The molecule has 0 atom stereocenters. The molecular weight excluding hydrogens is 192 g/mol. The fourth-order valence-electron chi connectivity index (χ4n) is 1.16. The fourth-order valence-corrected chi connectivity index (χ4v) is 1.16. The monoisotopic (exact) mass is 204 g/mol. The van der Waals surface area contributed by atoms with E-state index < -0.39 is 0 Å². The lowest BCUT2D eigenvalue weighted by Crippen LogP contribution is -2.04. The molecular formula is C9H12N6. The Morgan fingerprint density at radius 3 is 2.67 bits per heavy atom. The molecule has 2 aromatic rings. The highest BCUT2D eigenvalue weighted by Crippen LogP contribution is 2.06. The van der Waals surface area contributed by atoms with Crippen LogP contribution in [0, 0.1) is 6.92 Å². The smallest absolute Gasteiger partial charge is 0.222 e. The van der Waals surface area contributed by atoms with Crippen LogP contribution in [0.25, 0.3) is 0 Å². The van der Waals surface area contributed by atoms with Gasteiger partial charge in [-0.3, -0.25) is 5.10 Å². The van der Waals surface area contributed by atoms with Crippen molar-refractivity contribution in [3.8, 4) is 0 Å². The van der Waals surface area contributed by atoms with Crippen molar-refractivity contribution in [2.75, 3.05) is 11.1 Å². The lowest BCUT2D eigenvalue weighted by molar-refractivity contribution is 1.03. The molecule has 0 saturated heterocycles. The van der Waals surface area contributed by atoms with Crippen molar-refractivity contribution in [1.29, 1.82) is 0 Å². The molecule has 0 aliphatic rings. The Bertz CT molecular complexity index is 432. The zero-order chi connectivity index (χ0) is 10.7. The Kier molecular flexibility index (Phi) is 2.49. The van der Waals surface area contributed by atoms with Crippen molar-refractivity contribution in [1.82, 2.24) is 20.2 Å². The Morgan fingerprint density at radius 1 is 1.33 bits per heavy atom. The number of nitrogen functional groups attached to an aromatic ring is 1. The van der Waals surface area contributed by atoms with Gasteiger partial charge in [0.15, 0.2) is 0 Å². The molecule has 0 bridgehead atoms.